The minimum atomic E-state index is -4.68. The molecular weight excluding hydrogens is 299 g/mol. The zero-order chi connectivity index (χ0) is 15.1. The number of nitrogens with one attached hydrogen (secondary N) is 1. The first-order valence-electron chi connectivity index (χ1n) is 6.31. The number of anilines is 1. The molecule has 0 aliphatic heterocycles. The molecule has 0 spiro atoms. The maximum atomic E-state index is 12.3. The van der Waals surface area contributed by atoms with E-state index in [4.69, 9.17) is 0 Å². The fourth-order valence-corrected chi connectivity index (χ4v) is 2.49. The van der Waals surface area contributed by atoms with Gasteiger partial charge in [-0.1, -0.05) is 30.3 Å². The number of para-hydroxylation sites is 2. The van der Waals surface area contributed by atoms with E-state index in [9.17, 15) is 13.2 Å². The molecular formula is C15H14F3NOS. The molecule has 0 unspecified atom stereocenters. The number of hydrogen-bond acceptors (Lipinski definition) is 3. The third-order valence-electron chi connectivity index (χ3n) is 2.54. The Kier molecular flexibility index (Phi) is 5.38. The van der Waals surface area contributed by atoms with Gasteiger partial charge < -0.3 is 10.1 Å². The maximum Gasteiger partial charge on any atom is 0.573 e. The van der Waals surface area contributed by atoms with Crippen molar-refractivity contribution in [1.29, 1.82) is 0 Å². The van der Waals surface area contributed by atoms with Gasteiger partial charge in [-0.3, -0.25) is 0 Å². The Hall–Kier alpha value is -1.82. The summed E-state index contributed by atoms with van der Waals surface area (Å²) >= 11 is 1.63. The molecule has 21 heavy (non-hydrogen) atoms. The average molecular weight is 313 g/mol. The molecule has 0 radical (unpaired) electrons. The molecule has 0 aliphatic rings. The zero-order valence-electron chi connectivity index (χ0n) is 11.1. The topological polar surface area (TPSA) is 21.3 Å². The van der Waals surface area contributed by atoms with Gasteiger partial charge in [0, 0.05) is 17.2 Å². The summed E-state index contributed by atoms with van der Waals surface area (Å²) in [6.07, 6.45) is -4.68. The van der Waals surface area contributed by atoms with E-state index in [0.717, 1.165) is 10.6 Å². The van der Waals surface area contributed by atoms with Crippen molar-refractivity contribution < 1.29 is 17.9 Å². The molecule has 2 nitrogen and oxygen atoms in total. The van der Waals surface area contributed by atoms with Crippen LogP contribution >= 0.6 is 11.8 Å². The third-order valence-corrected chi connectivity index (χ3v) is 3.56. The lowest BCUT2D eigenvalue weighted by Crippen LogP contribution is -2.18. The summed E-state index contributed by atoms with van der Waals surface area (Å²) in [5.41, 5.74) is 0.337. The molecule has 112 valence electrons. The Bertz CT molecular complexity index is 560. The van der Waals surface area contributed by atoms with Gasteiger partial charge in [0.1, 0.15) is 0 Å². The predicted octanol–water partition coefficient (Wildman–Crippen LogP) is 4.79. The highest BCUT2D eigenvalue weighted by atomic mass is 32.2. The number of thioether (sulfide) groups is 1. The van der Waals surface area contributed by atoms with Crippen LogP contribution in [0.3, 0.4) is 0 Å². The second-order valence-electron chi connectivity index (χ2n) is 4.13. The molecule has 0 saturated heterocycles. The van der Waals surface area contributed by atoms with Crippen LogP contribution < -0.4 is 10.1 Å². The lowest BCUT2D eigenvalue weighted by Gasteiger charge is -2.14. The van der Waals surface area contributed by atoms with Gasteiger partial charge in [0.2, 0.25) is 0 Å². The average Bonchev–Trinajstić information content (AvgIpc) is 2.45. The van der Waals surface area contributed by atoms with Crippen molar-refractivity contribution in [3.8, 4) is 5.75 Å². The first-order chi connectivity index (χ1) is 10.0. The first kappa shape index (κ1) is 15.6. The summed E-state index contributed by atoms with van der Waals surface area (Å²) in [4.78, 5) is 1.12. The second kappa shape index (κ2) is 7.26. The zero-order valence-corrected chi connectivity index (χ0v) is 11.9. The lowest BCUT2D eigenvalue weighted by molar-refractivity contribution is -0.274. The summed E-state index contributed by atoms with van der Waals surface area (Å²) in [5.74, 6) is 0.527. The van der Waals surface area contributed by atoms with Gasteiger partial charge in [0.25, 0.3) is 0 Å². The number of halogens is 3. The Morgan fingerprint density at radius 2 is 1.62 bits per heavy atom. The van der Waals surface area contributed by atoms with Gasteiger partial charge in [-0.25, -0.2) is 0 Å². The minimum absolute atomic E-state index is 0.213. The van der Waals surface area contributed by atoms with Crippen LogP contribution in [0.25, 0.3) is 0 Å². The lowest BCUT2D eigenvalue weighted by atomic mass is 10.3. The first-order valence-corrected chi connectivity index (χ1v) is 7.30. The van der Waals surface area contributed by atoms with Crippen LogP contribution in [0.1, 0.15) is 0 Å². The van der Waals surface area contributed by atoms with Crippen LogP contribution in [-0.2, 0) is 0 Å². The van der Waals surface area contributed by atoms with Crippen LogP contribution in [0.5, 0.6) is 5.75 Å². The van der Waals surface area contributed by atoms with Gasteiger partial charge in [-0.05, 0) is 24.3 Å². The van der Waals surface area contributed by atoms with E-state index < -0.39 is 6.36 Å². The van der Waals surface area contributed by atoms with Gasteiger partial charge in [-0.2, -0.15) is 0 Å². The number of rotatable bonds is 6. The standard InChI is InChI=1S/C15H14F3NOS/c16-15(17,18)20-14-9-5-4-8-13(14)19-10-11-21-12-6-2-1-3-7-12/h1-9,19H,10-11H2. The number of benzene rings is 2. The molecule has 2 rings (SSSR count). The van der Waals surface area contributed by atoms with E-state index in [0.29, 0.717) is 12.2 Å². The van der Waals surface area contributed by atoms with E-state index in [-0.39, 0.29) is 5.75 Å². The number of alkyl halides is 3. The molecule has 0 atom stereocenters. The molecule has 0 heterocycles. The molecule has 2 aromatic rings. The molecule has 0 saturated carbocycles. The Morgan fingerprint density at radius 3 is 2.33 bits per heavy atom. The van der Waals surface area contributed by atoms with Gasteiger partial charge in [-0.15, -0.1) is 24.9 Å². The van der Waals surface area contributed by atoms with E-state index in [1.165, 1.54) is 12.1 Å². The molecule has 0 fully saturated rings. The summed E-state index contributed by atoms with van der Waals surface area (Å²) in [6, 6.07) is 15.8. The quantitative estimate of drug-likeness (QED) is 0.612. The monoisotopic (exact) mass is 313 g/mol. The van der Waals surface area contributed by atoms with Crippen molar-refractivity contribution in [2.24, 2.45) is 0 Å². The largest absolute Gasteiger partial charge is 0.573 e. The van der Waals surface area contributed by atoms with Crippen LogP contribution in [0.4, 0.5) is 18.9 Å². The SMILES string of the molecule is FC(F)(F)Oc1ccccc1NCCSc1ccccc1. The van der Waals surface area contributed by atoms with Crippen LogP contribution in [-0.4, -0.2) is 18.7 Å². The van der Waals surface area contributed by atoms with E-state index in [1.54, 1.807) is 23.9 Å². The molecule has 6 heteroatoms. The summed E-state index contributed by atoms with van der Waals surface area (Å²) < 4.78 is 40.8. The van der Waals surface area contributed by atoms with Crippen LogP contribution in [0.15, 0.2) is 59.5 Å². The Morgan fingerprint density at radius 1 is 0.952 bits per heavy atom. The van der Waals surface area contributed by atoms with Crippen molar-refractivity contribution in [1.82, 2.24) is 0 Å². The smallest absolute Gasteiger partial charge is 0.404 e. The van der Waals surface area contributed by atoms with Crippen molar-refractivity contribution in [3.63, 3.8) is 0 Å². The highest BCUT2D eigenvalue weighted by Gasteiger charge is 2.31. The fourth-order valence-electron chi connectivity index (χ4n) is 1.70. The minimum Gasteiger partial charge on any atom is -0.404 e. The van der Waals surface area contributed by atoms with E-state index in [1.807, 2.05) is 30.3 Å². The highest BCUT2D eigenvalue weighted by Crippen LogP contribution is 2.30. The summed E-state index contributed by atoms with van der Waals surface area (Å²) in [5, 5.41) is 2.96. The fraction of sp³-hybridized carbons (Fsp3) is 0.200. The van der Waals surface area contributed by atoms with Gasteiger partial charge in [0.05, 0.1) is 5.69 Å². The molecule has 0 aromatic heterocycles. The van der Waals surface area contributed by atoms with E-state index >= 15 is 0 Å². The highest BCUT2D eigenvalue weighted by molar-refractivity contribution is 7.99. The van der Waals surface area contributed by atoms with E-state index in [2.05, 4.69) is 10.1 Å². The van der Waals surface area contributed by atoms with Crippen molar-refractivity contribution >= 4 is 17.4 Å². The van der Waals surface area contributed by atoms with Crippen molar-refractivity contribution in [3.05, 3.63) is 54.6 Å². The molecule has 2 aromatic carbocycles. The van der Waals surface area contributed by atoms with Crippen LogP contribution in [0, 0.1) is 0 Å². The summed E-state index contributed by atoms with van der Waals surface area (Å²) in [7, 11) is 0. The van der Waals surface area contributed by atoms with Gasteiger partial charge in [0.15, 0.2) is 5.75 Å². The number of hydrogen-bond donors (Lipinski definition) is 1. The number of ether oxygens (including phenoxy) is 1. The Labute approximate surface area is 125 Å². The molecule has 0 bridgehead atoms. The molecule has 0 amide bonds. The molecule has 0 aliphatic carbocycles. The van der Waals surface area contributed by atoms with Crippen LogP contribution in [0.2, 0.25) is 0 Å². The Balaban J connectivity index is 1.86. The second-order valence-corrected chi connectivity index (χ2v) is 5.30. The van der Waals surface area contributed by atoms with Crippen molar-refractivity contribution in [2.75, 3.05) is 17.6 Å². The normalized spacial score (nSPS) is 11.2. The maximum absolute atomic E-state index is 12.3. The predicted molar refractivity (Wildman–Crippen MR) is 78.8 cm³/mol. The molecule has 1 N–H and O–H groups in total. The third kappa shape index (κ3) is 5.59. The van der Waals surface area contributed by atoms with Crippen molar-refractivity contribution in [2.45, 2.75) is 11.3 Å². The summed E-state index contributed by atoms with van der Waals surface area (Å²) in [6.45, 7) is 0.539. The van der Waals surface area contributed by atoms with Gasteiger partial charge >= 0.3 is 6.36 Å².